The summed E-state index contributed by atoms with van der Waals surface area (Å²) in [5.74, 6) is 4.80. The molecule has 25 heavy (non-hydrogen) atoms. The van der Waals surface area contributed by atoms with Gasteiger partial charge in [0.2, 0.25) is 5.91 Å². The van der Waals surface area contributed by atoms with Crippen LogP contribution < -0.4 is 4.74 Å². The molecule has 134 valence electrons. The van der Waals surface area contributed by atoms with E-state index in [-0.39, 0.29) is 5.92 Å². The maximum absolute atomic E-state index is 13.2. The Hall–Kier alpha value is -1.20. The fourth-order valence-electron chi connectivity index (χ4n) is 4.77. The van der Waals surface area contributed by atoms with Gasteiger partial charge in [0.1, 0.15) is 5.75 Å². The molecule has 0 N–H and O–H groups in total. The second-order valence-corrected chi connectivity index (χ2v) is 9.12. The molecule has 4 nitrogen and oxygen atoms in total. The second-order valence-electron chi connectivity index (χ2n) is 7.90. The Morgan fingerprint density at radius 2 is 2.00 bits per heavy atom. The average Bonchev–Trinajstić information content (AvgIpc) is 3.41. The highest BCUT2D eigenvalue weighted by Crippen LogP contribution is 2.49. The number of fused-ring (bicyclic) bond motifs is 3. The van der Waals surface area contributed by atoms with Crippen LogP contribution >= 0.6 is 11.8 Å². The lowest BCUT2D eigenvalue weighted by molar-refractivity contribution is -0.136. The highest BCUT2D eigenvalue weighted by Gasteiger charge is 2.50. The SMILES string of the molecule is O=C([C@@H]1CN(CC2CC2)[C@H]2c3ccccc3OC[C@@H]12)N1CCSCC1. The number of amides is 1. The standard InChI is InChI=1S/C20H26N2O2S/c23-20(21-7-9-25-10-8-21)16-12-22(11-14-5-6-14)19-15-3-1-2-4-18(15)24-13-17(16)19/h1-4,14,16-17,19H,5-13H2/t16-,17+,19+/m1/s1. The van der Waals surface area contributed by atoms with Gasteiger partial charge in [0.15, 0.2) is 0 Å². The first-order valence-electron chi connectivity index (χ1n) is 9.63. The summed E-state index contributed by atoms with van der Waals surface area (Å²) in [6.45, 7) is 4.57. The molecular formula is C20H26N2O2S. The number of likely N-dealkylation sites (tertiary alicyclic amines) is 1. The number of carbonyl (C=O) groups excluding carboxylic acids is 1. The maximum Gasteiger partial charge on any atom is 0.227 e. The fraction of sp³-hybridized carbons (Fsp3) is 0.650. The molecule has 1 aromatic rings. The van der Waals surface area contributed by atoms with Crippen molar-refractivity contribution in [2.45, 2.75) is 18.9 Å². The summed E-state index contributed by atoms with van der Waals surface area (Å²) in [5, 5.41) is 0. The molecule has 0 bridgehead atoms. The van der Waals surface area contributed by atoms with Crippen molar-refractivity contribution in [3.63, 3.8) is 0 Å². The molecule has 5 rings (SSSR count). The molecule has 1 aromatic carbocycles. The first kappa shape index (κ1) is 16.0. The van der Waals surface area contributed by atoms with Gasteiger partial charge in [-0.05, 0) is 24.8 Å². The topological polar surface area (TPSA) is 32.8 Å². The van der Waals surface area contributed by atoms with Crippen molar-refractivity contribution in [2.75, 3.05) is 44.3 Å². The van der Waals surface area contributed by atoms with E-state index in [4.69, 9.17) is 4.74 Å². The van der Waals surface area contributed by atoms with E-state index in [2.05, 4.69) is 28.0 Å². The van der Waals surface area contributed by atoms with E-state index in [0.717, 1.165) is 49.4 Å². The largest absolute Gasteiger partial charge is 0.493 e. The van der Waals surface area contributed by atoms with Gasteiger partial charge < -0.3 is 9.64 Å². The molecule has 2 saturated heterocycles. The molecule has 1 saturated carbocycles. The molecule has 5 heteroatoms. The van der Waals surface area contributed by atoms with E-state index < -0.39 is 0 Å². The molecule has 3 atom stereocenters. The van der Waals surface area contributed by atoms with Crippen LogP contribution in [0.4, 0.5) is 0 Å². The monoisotopic (exact) mass is 358 g/mol. The predicted octanol–water partition coefficient (Wildman–Crippen LogP) is 2.65. The van der Waals surface area contributed by atoms with Gasteiger partial charge in [-0.2, -0.15) is 11.8 Å². The summed E-state index contributed by atoms with van der Waals surface area (Å²) >= 11 is 1.96. The van der Waals surface area contributed by atoms with Gasteiger partial charge in [0.05, 0.1) is 12.5 Å². The Labute approximate surface area is 153 Å². The molecule has 1 amide bonds. The Kier molecular flexibility index (Phi) is 4.17. The molecule has 3 aliphatic heterocycles. The van der Waals surface area contributed by atoms with Crippen molar-refractivity contribution in [1.29, 1.82) is 0 Å². The van der Waals surface area contributed by atoms with Crippen molar-refractivity contribution in [1.82, 2.24) is 9.80 Å². The lowest BCUT2D eigenvalue weighted by atomic mass is 9.84. The lowest BCUT2D eigenvalue weighted by Gasteiger charge is -2.35. The van der Waals surface area contributed by atoms with Gasteiger partial charge in [-0.15, -0.1) is 0 Å². The van der Waals surface area contributed by atoms with Crippen molar-refractivity contribution in [3.05, 3.63) is 29.8 Å². The van der Waals surface area contributed by atoms with Crippen LogP contribution in [-0.2, 0) is 4.79 Å². The zero-order valence-corrected chi connectivity index (χ0v) is 15.4. The van der Waals surface area contributed by atoms with E-state index >= 15 is 0 Å². The van der Waals surface area contributed by atoms with E-state index in [1.54, 1.807) is 0 Å². The number of benzene rings is 1. The van der Waals surface area contributed by atoms with Crippen molar-refractivity contribution < 1.29 is 9.53 Å². The number of thioether (sulfide) groups is 1. The molecule has 0 unspecified atom stereocenters. The van der Waals surface area contributed by atoms with Gasteiger partial charge in [-0.25, -0.2) is 0 Å². The van der Waals surface area contributed by atoms with Crippen molar-refractivity contribution in [3.8, 4) is 5.75 Å². The summed E-state index contributed by atoms with van der Waals surface area (Å²) in [4.78, 5) is 18.0. The van der Waals surface area contributed by atoms with Gasteiger partial charge in [-0.3, -0.25) is 9.69 Å². The quantitative estimate of drug-likeness (QED) is 0.832. The number of rotatable bonds is 3. The minimum absolute atomic E-state index is 0.0974. The van der Waals surface area contributed by atoms with Crippen LogP contribution in [0.15, 0.2) is 24.3 Å². The van der Waals surface area contributed by atoms with Gasteiger partial charge in [0.25, 0.3) is 0 Å². The highest BCUT2D eigenvalue weighted by molar-refractivity contribution is 7.99. The molecule has 0 aromatic heterocycles. The zero-order valence-electron chi connectivity index (χ0n) is 14.6. The third kappa shape index (κ3) is 2.95. The van der Waals surface area contributed by atoms with Crippen LogP contribution in [-0.4, -0.2) is 60.0 Å². The number of carbonyl (C=O) groups is 1. The van der Waals surface area contributed by atoms with Crippen LogP contribution in [0.25, 0.3) is 0 Å². The van der Waals surface area contributed by atoms with Crippen LogP contribution in [0, 0.1) is 17.8 Å². The molecule has 0 radical (unpaired) electrons. The predicted molar refractivity (Wildman–Crippen MR) is 99.9 cm³/mol. The summed E-state index contributed by atoms with van der Waals surface area (Å²) in [6.07, 6.45) is 2.71. The summed E-state index contributed by atoms with van der Waals surface area (Å²) < 4.78 is 6.07. The molecule has 3 fully saturated rings. The third-order valence-corrected chi connectivity index (χ3v) is 7.19. The van der Waals surface area contributed by atoms with E-state index in [0.29, 0.717) is 24.5 Å². The number of para-hydroxylation sites is 1. The van der Waals surface area contributed by atoms with Crippen LogP contribution in [0.2, 0.25) is 0 Å². The summed E-state index contributed by atoms with van der Waals surface area (Å²) in [6, 6.07) is 8.80. The zero-order chi connectivity index (χ0) is 16.8. The van der Waals surface area contributed by atoms with Crippen LogP contribution in [0.3, 0.4) is 0 Å². The van der Waals surface area contributed by atoms with Crippen molar-refractivity contribution >= 4 is 17.7 Å². The Balaban J connectivity index is 1.43. The molecule has 0 spiro atoms. The van der Waals surface area contributed by atoms with Gasteiger partial charge in [0, 0.05) is 55.2 Å². The highest BCUT2D eigenvalue weighted by atomic mass is 32.2. The van der Waals surface area contributed by atoms with E-state index in [9.17, 15) is 4.79 Å². The summed E-state index contributed by atoms with van der Waals surface area (Å²) in [5.41, 5.74) is 1.30. The number of nitrogens with zero attached hydrogens (tertiary/aromatic N) is 2. The first-order chi connectivity index (χ1) is 12.3. The van der Waals surface area contributed by atoms with Crippen LogP contribution in [0.5, 0.6) is 5.75 Å². The Morgan fingerprint density at radius 3 is 2.80 bits per heavy atom. The molecule has 1 aliphatic carbocycles. The number of ether oxygens (including phenoxy) is 1. The molecule has 3 heterocycles. The van der Waals surface area contributed by atoms with E-state index in [1.807, 2.05) is 17.8 Å². The fourth-order valence-corrected chi connectivity index (χ4v) is 5.67. The smallest absolute Gasteiger partial charge is 0.227 e. The Morgan fingerprint density at radius 1 is 1.20 bits per heavy atom. The van der Waals surface area contributed by atoms with Gasteiger partial charge in [-0.1, -0.05) is 18.2 Å². The van der Waals surface area contributed by atoms with Gasteiger partial charge >= 0.3 is 0 Å². The average molecular weight is 359 g/mol. The number of hydrogen-bond acceptors (Lipinski definition) is 4. The number of hydrogen-bond donors (Lipinski definition) is 0. The van der Waals surface area contributed by atoms with E-state index in [1.165, 1.54) is 18.4 Å². The maximum atomic E-state index is 13.2. The van der Waals surface area contributed by atoms with Crippen LogP contribution in [0.1, 0.15) is 24.4 Å². The second kappa shape index (κ2) is 6.51. The molecule has 4 aliphatic rings. The Bertz CT molecular complexity index is 657. The minimum Gasteiger partial charge on any atom is -0.493 e. The first-order valence-corrected chi connectivity index (χ1v) is 10.8. The molecular weight excluding hydrogens is 332 g/mol. The van der Waals surface area contributed by atoms with Crippen molar-refractivity contribution in [2.24, 2.45) is 17.8 Å². The lowest BCUT2D eigenvalue weighted by Crippen LogP contribution is -2.44. The third-order valence-electron chi connectivity index (χ3n) is 6.25. The normalized spacial score (nSPS) is 32.0. The summed E-state index contributed by atoms with van der Waals surface area (Å²) in [7, 11) is 0. The minimum atomic E-state index is 0.0974.